The van der Waals surface area contributed by atoms with E-state index >= 15 is 0 Å². The van der Waals surface area contributed by atoms with E-state index in [2.05, 4.69) is 10.6 Å². The third kappa shape index (κ3) is 8.40. The second-order valence-corrected chi connectivity index (χ2v) is 6.46. The Bertz CT molecular complexity index is 419. The Hall–Kier alpha value is -1.47. The van der Waals surface area contributed by atoms with Crippen LogP contribution in [0.4, 0.5) is 0 Å². The van der Waals surface area contributed by atoms with Crippen molar-refractivity contribution >= 4 is 17.6 Å². The largest absolute Gasteiger partial charge is 0.379 e. The Balaban J connectivity index is 1.86. The molecule has 24 heavy (non-hydrogen) atoms. The van der Waals surface area contributed by atoms with Crippen LogP contribution >= 0.6 is 0 Å². The standard InChI is InChI=1S/C17H30N2O5/c1-12(2)17(22)18-5-7-24-9-8-23-6-4-16(21)19-15-10-14(11-15)13(3)20/h12,14-15H,4-11H2,1-3H3,(H,18,22)(H,19,21). The highest BCUT2D eigenvalue weighted by molar-refractivity contribution is 5.80. The topological polar surface area (TPSA) is 93.7 Å². The summed E-state index contributed by atoms with van der Waals surface area (Å²) in [5, 5.41) is 5.66. The molecular weight excluding hydrogens is 312 g/mol. The first kappa shape index (κ1) is 20.6. The lowest BCUT2D eigenvalue weighted by atomic mass is 9.78. The maximum absolute atomic E-state index is 11.7. The quantitative estimate of drug-likeness (QED) is 0.508. The highest BCUT2D eigenvalue weighted by Crippen LogP contribution is 2.27. The molecule has 0 radical (unpaired) electrons. The minimum absolute atomic E-state index is 0.0157. The van der Waals surface area contributed by atoms with Gasteiger partial charge in [-0.2, -0.15) is 0 Å². The second-order valence-electron chi connectivity index (χ2n) is 6.46. The number of Topliss-reactive ketones (excluding diaryl/α,β-unsaturated/α-hetero) is 1. The van der Waals surface area contributed by atoms with Crippen LogP contribution in [0.15, 0.2) is 0 Å². The Labute approximate surface area is 143 Å². The van der Waals surface area contributed by atoms with E-state index in [1.807, 2.05) is 13.8 Å². The minimum Gasteiger partial charge on any atom is -0.379 e. The average Bonchev–Trinajstić information content (AvgIpc) is 2.47. The molecule has 1 rings (SSSR count). The van der Waals surface area contributed by atoms with Crippen molar-refractivity contribution in [1.82, 2.24) is 10.6 Å². The molecule has 0 spiro atoms. The molecule has 138 valence electrons. The summed E-state index contributed by atoms with van der Waals surface area (Å²) in [6.45, 7) is 7.41. The summed E-state index contributed by atoms with van der Waals surface area (Å²) in [6, 6.07) is 0.135. The van der Waals surface area contributed by atoms with Crippen LogP contribution in [0.1, 0.15) is 40.0 Å². The number of nitrogens with one attached hydrogen (secondary N) is 2. The van der Waals surface area contributed by atoms with E-state index in [1.54, 1.807) is 6.92 Å². The molecule has 2 amide bonds. The van der Waals surface area contributed by atoms with Crippen LogP contribution in [-0.2, 0) is 23.9 Å². The fraction of sp³-hybridized carbons (Fsp3) is 0.824. The van der Waals surface area contributed by atoms with Crippen molar-refractivity contribution in [3.63, 3.8) is 0 Å². The van der Waals surface area contributed by atoms with Crippen molar-refractivity contribution in [2.24, 2.45) is 11.8 Å². The average molecular weight is 342 g/mol. The predicted octanol–water partition coefficient (Wildman–Crippen LogP) is 0.666. The van der Waals surface area contributed by atoms with Gasteiger partial charge in [0, 0.05) is 30.8 Å². The van der Waals surface area contributed by atoms with Crippen LogP contribution in [0.3, 0.4) is 0 Å². The zero-order valence-corrected chi connectivity index (χ0v) is 14.9. The Morgan fingerprint density at radius 3 is 2.25 bits per heavy atom. The van der Waals surface area contributed by atoms with Gasteiger partial charge in [0.15, 0.2) is 0 Å². The van der Waals surface area contributed by atoms with E-state index in [4.69, 9.17) is 9.47 Å². The number of rotatable bonds is 12. The number of amides is 2. The highest BCUT2D eigenvalue weighted by Gasteiger charge is 2.32. The second kappa shape index (κ2) is 11.1. The van der Waals surface area contributed by atoms with Crippen molar-refractivity contribution in [3.8, 4) is 0 Å². The monoisotopic (exact) mass is 342 g/mol. The number of hydrogen-bond donors (Lipinski definition) is 2. The van der Waals surface area contributed by atoms with Crippen LogP contribution in [0, 0.1) is 11.8 Å². The Morgan fingerprint density at radius 2 is 1.67 bits per heavy atom. The van der Waals surface area contributed by atoms with Crippen LogP contribution in [0.2, 0.25) is 0 Å². The predicted molar refractivity (Wildman–Crippen MR) is 89.4 cm³/mol. The SMILES string of the molecule is CC(=O)C1CC(NC(=O)CCOCCOCCNC(=O)C(C)C)C1. The van der Waals surface area contributed by atoms with Crippen LogP contribution in [0.25, 0.3) is 0 Å². The summed E-state index contributed by atoms with van der Waals surface area (Å²) < 4.78 is 10.7. The third-order valence-electron chi connectivity index (χ3n) is 3.99. The van der Waals surface area contributed by atoms with Crippen molar-refractivity contribution in [2.75, 3.05) is 33.0 Å². The molecule has 0 aromatic heterocycles. The lowest BCUT2D eigenvalue weighted by molar-refractivity contribution is -0.128. The van der Waals surface area contributed by atoms with Gasteiger partial charge in [-0.1, -0.05) is 13.8 Å². The van der Waals surface area contributed by atoms with Crippen LogP contribution in [0.5, 0.6) is 0 Å². The summed E-state index contributed by atoms with van der Waals surface area (Å²) in [4.78, 5) is 34.0. The first-order valence-electron chi connectivity index (χ1n) is 8.63. The maximum Gasteiger partial charge on any atom is 0.222 e. The Morgan fingerprint density at radius 1 is 1.04 bits per heavy atom. The molecule has 7 nitrogen and oxygen atoms in total. The van der Waals surface area contributed by atoms with E-state index in [0.29, 0.717) is 39.4 Å². The van der Waals surface area contributed by atoms with Gasteiger partial charge in [-0.3, -0.25) is 14.4 Å². The number of hydrogen-bond acceptors (Lipinski definition) is 5. The summed E-state index contributed by atoms with van der Waals surface area (Å²) in [5.41, 5.74) is 0. The molecule has 0 bridgehead atoms. The lowest BCUT2D eigenvalue weighted by Gasteiger charge is -2.34. The molecule has 0 aliphatic heterocycles. The van der Waals surface area contributed by atoms with E-state index in [1.165, 1.54) is 0 Å². The van der Waals surface area contributed by atoms with E-state index in [0.717, 1.165) is 12.8 Å². The van der Waals surface area contributed by atoms with Crippen molar-refractivity contribution in [2.45, 2.75) is 46.1 Å². The number of carbonyl (C=O) groups is 3. The lowest BCUT2D eigenvalue weighted by Crippen LogP contribution is -2.46. The zero-order valence-electron chi connectivity index (χ0n) is 14.9. The van der Waals surface area contributed by atoms with Gasteiger partial charge in [0.1, 0.15) is 5.78 Å². The molecule has 2 N–H and O–H groups in total. The molecule has 0 atom stereocenters. The van der Waals surface area contributed by atoms with Gasteiger partial charge in [0.2, 0.25) is 11.8 Å². The zero-order chi connectivity index (χ0) is 17.9. The fourth-order valence-electron chi connectivity index (χ4n) is 2.30. The van der Waals surface area contributed by atoms with Crippen molar-refractivity contribution in [3.05, 3.63) is 0 Å². The van der Waals surface area contributed by atoms with E-state index in [-0.39, 0.29) is 35.5 Å². The molecule has 0 aromatic carbocycles. The first-order valence-corrected chi connectivity index (χ1v) is 8.63. The Kier molecular flexibility index (Phi) is 9.56. The van der Waals surface area contributed by atoms with Gasteiger partial charge in [-0.05, 0) is 19.8 Å². The van der Waals surface area contributed by atoms with Crippen LogP contribution < -0.4 is 10.6 Å². The maximum atomic E-state index is 11.7. The number of ketones is 1. The van der Waals surface area contributed by atoms with Gasteiger partial charge in [-0.25, -0.2) is 0 Å². The number of carbonyl (C=O) groups excluding carboxylic acids is 3. The molecule has 0 unspecified atom stereocenters. The third-order valence-corrected chi connectivity index (χ3v) is 3.99. The number of ether oxygens (including phenoxy) is 2. The smallest absolute Gasteiger partial charge is 0.222 e. The van der Waals surface area contributed by atoms with Crippen molar-refractivity contribution in [1.29, 1.82) is 0 Å². The van der Waals surface area contributed by atoms with Crippen molar-refractivity contribution < 1.29 is 23.9 Å². The minimum atomic E-state index is -0.0423. The first-order chi connectivity index (χ1) is 11.4. The van der Waals surface area contributed by atoms with E-state index in [9.17, 15) is 14.4 Å². The summed E-state index contributed by atoms with van der Waals surface area (Å²) in [7, 11) is 0. The van der Waals surface area contributed by atoms with E-state index < -0.39 is 0 Å². The molecule has 1 aliphatic carbocycles. The molecule has 1 saturated carbocycles. The normalized spacial score (nSPS) is 19.7. The molecule has 1 aliphatic rings. The summed E-state index contributed by atoms with van der Waals surface area (Å²) in [5.74, 6) is 0.274. The fourth-order valence-corrected chi connectivity index (χ4v) is 2.30. The molecule has 0 saturated heterocycles. The summed E-state index contributed by atoms with van der Waals surface area (Å²) in [6.07, 6.45) is 1.82. The van der Waals surface area contributed by atoms with Crippen LogP contribution in [-0.4, -0.2) is 56.6 Å². The van der Waals surface area contributed by atoms with Gasteiger partial charge in [0.25, 0.3) is 0 Å². The van der Waals surface area contributed by atoms with Gasteiger partial charge < -0.3 is 20.1 Å². The van der Waals surface area contributed by atoms with Gasteiger partial charge in [0.05, 0.1) is 26.4 Å². The molecule has 7 heteroatoms. The molecule has 0 heterocycles. The van der Waals surface area contributed by atoms with Gasteiger partial charge in [-0.15, -0.1) is 0 Å². The molecule has 1 fully saturated rings. The highest BCUT2D eigenvalue weighted by atomic mass is 16.5. The molecule has 0 aromatic rings. The molecular formula is C17H30N2O5. The van der Waals surface area contributed by atoms with Gasteiger partial charge >= 0.3 is 0 Å². The summed E-state index contributed by atoms with van der Waals surface area (Å²) >= 11 is 0.